The summed E-state index contributed by atoms with van der Waals surface area (Å²) in [6, 6.07) is 11.9. The maximum Gasteiger partial charge on any atom is 0.0594 e. The van der Waals surface area contributed by atoms with Crippen molar-refractivity contribution in [2.45, 2.75) is 57.4 Å². The van der Waals surface area contributed by atoms with E-state index in [2.05, 4.69) is 54.4 Å². The van der Waals surface area contributed by atoms with Gasteiger partial charge in [-0.1, -0.05) is 30.3 Å². The number of morpholine rings is 1. The third-order valence-electron chi connectivity index (χ3n) is 5.08. The van der Waals surface area contributed by atoms with Crippen molar-refractivity contribution >= 4 is 0 Å². The van der Waals surface area contributed by atoms with Gasteiger partial charge < -0.3 is 14.8 Å². The van der Waals surface area contributed by atoms with Crippen molar-refractivity contribution in [3.05, 3.63) is 35.9 Å². The Kier molecular flexibility index (Phi) is 6.67. The summed E-state index contributed by atoms with van der Waals surface area (Å²) in [4.78, 5) is 2.54. The third kappa shape index (κ3) is 5.55. The predicted molar refractivity (Wildman–Crippen MR) is 97.4 cm³/mol. The molecular formula is C20H32N2O2. The number of rotatable bonds is 6. The molecule has 1 unspecified atom stereocenters. The van der Waals surface area contributed by atoms with Crippen molar-refractivity contribution in [2.24, 2.45) is 0 Å². The molecule has 3 rings (SSSR count). The Morgan fingerprint density at radius 2 is 1.75 bits per heavy atom. The molecule has 2 heterocycles. The van der Waals surface area contributed by atoms with Crippen LogP contribution in [0.15, 0.2) is 30.3 Å². The molecule has 134 valence electrons. The molecule has 4 atom stereocenters. The molecule has 2 aliphatic rings. The Morgan fingerprint density at radius 1 is 1.08 bits per heavy atom. The lowest BCUT2D eigenvalue weighted by Crippen LogP contribution is -2.52. The normalized spacial score (nSPS) is 30.2. The fourth-order valence-corrected chi connectivity index (χ4v) is 4.04. The van der Waals surface area contributed by atoms with Gasteiger partial charge >= 0.3 is 0 Å². The Balaban J connectivity index is 1.61. The summed E-state index contributed by atoms with van der Waals surface area (Å²) in [5, 5.41) is 3.95. The first-order chi connectivity index (χ1) is 11.7. The van der Waals surface area contributed by atoms with Crippen molar-refractivity contribution in [3.63, 3.8) is 0 Å². The molecule has 4 heteroatoms. The summed E-state index contributed by atoms with van der Waals surface area (Å²) in [7, 11) is 0. The van der Waals surface area contributed by atoms with Gasteiger partial charge in [0, 0.05) is 31.7 Å². The van der Waals surface area contributed by atoms with Gasteiger partial charge in [-0.2, -0.15) is 0 Å². The van der Waals surface area contributed by atoms with Crippen LogP contribution in [0.5, 0.6) is 0 Å². The minimum Gasteiger partial charge on any atom is -0.379 e. The van der Waals surface area contributed by atoms with Gasteiger partial charge in [0.05, 0.1) is 25.4 Å². The van der Waals surface area contributed by atoms with E-state index in [9.17, 15) is 0 Å². The molecule has 2 fully saturated rings. The molecule has 0 aliphatic carbocycles. The van der Waals surface area contributed by atoms with Gasteiger partial charge in [-0.15, -0.1) is 0 Å². The number of nitrogens with zero attached hydrogens (tertiary/aromatic N) is 1. The van der Waals surface area contributed by atoms with Crippen LogP contribution in [0.2, 0.25) is 0 Å². The van der Waals surface area contributed by atoms with Crippen LogP contribution >= 0.6 is 0 Å². The third-order valence-corrected chi connectivity index (χ3v) is 5.08. The number of ether oxygens (including phenoxy) is 2. The van der Waals surface area contributed by atoms with Crippen molar-refractivity contribution in [3.8, 4) is 0 Å². The Hall–Kier alpha value is -0.940. The zero-order valence-corrected chi connectivity index (χ0v) is 15.1. The molecule has 2 saturated heterocycles. The smallest absolute Gasteiger partial charge is 0.0594 e. The molecule has 2 aliphatic heterocycles. The highest BCUT2D eigenvalue weighted by atomic mass is 16.5. The largest absolute Gasteiger partial charge is 0.379 e. The van der Waals surface area contributed by atoms with Gasteiger partial charge in [0.25, 0.3) is 0 Å². The standard InChI is InChI=1S/C20H32N2O2/c1-16-12-19(13-17(2)24-16)21-20(14-18-6-4-3-5-7-18)15-22-8-10-23-11-9-22/h3-7,16-17,19-21H,8-15H2,1-2H3/t16-,17+,19?,20-/m0/s1. The lowest BCUT2D eigenvalue weighted by Gasteiger charge is -2.37. The molecule has 1 N–H and O–H groups in total. The van der Waals surface area contributed by atoms with Crippen LogP contribution in [-0.2, 0) is 15.9 Å². The summed E-state index contributed by atoms with van der Waals surface area (Å²) in [5.74, 6) is 0. The molecule has 0 bridgehead atoms. The van der Waals surface area contributed by atoms with Crippen molar-refractivity contribution in [2.75, 3.05) is 32.8 Å². The highest BCUT2D eigenvalue weighted by Gasteiger charge is 2.27. The van der Waals surface area contributed by atoms with E-state index in [1.807, 2.05) is 0 Å². The summed E-state index contributed by atoms with van der Waals surface area (Å²) >= 11 is 0. The quantitative estimate of drug-likeness (QED) is 0.868. The minimum atomic E-state index is 0.354. The highest BCUT2D eigenvalue weighted by molar-refractivity contribution is 5.16. The maximum atomic E-state index is 5.90. The summed E-state index contributed by atoms with van der Waals surface area (Å²) in [5.41, 5.74) is 1.41. The van der Waals surface area contributed by atoms with Crippen LogP contribution in [0.3, 0.4) is 0 Å². The average Bonchev–Trinajstić information content (AvgIpc) is 2.55. The second-order valence-electron chi connectivity index (χ2n) is 7.39. The topological polar surface area (TPSA) is 33.7 Å². The van der Waals surface area contributed by atoms with Gasteiger partial charge in [-0.25, -0.2) is 0 Å². The van der Waals surface area contributed by atoms with Crippen molar-refractivity contribution in [1.82, 2.24) is 10.2 Å². The highest BCUT2D eigenvalue weighted by Crippen LogP contribution is 2.20. The second-order valence-corrected chi connectivity index (χ2v) is 7.39. The minimum absolute atomic E-state index is 0.354. The molecule has 0 radical (unpaired) electrons. The molecule has 0 saturated carbocycles. The fraction of sp³-hybridized carbons (Fsp3) is 0.700. The molecule has 0 spiro atoms. The zero-order chi connectivity index (χ0) is 16.8. The molecule has 0 aromatic heterocycles. The predicted octanol–water partition coefficient (Wildman–Crippen LogP) is 2.48. The summed E-state index contributed by atoms with van der Waals surface area (Å²) in [6.07, 6.45) is 4.01. The number of benzene rings is 1. The average molecular weight is 332 g/mol. The molecule has 1 aromatic rings. The van der Waals surface area contributed by atoms with E-state index in [4.69, 9.17) is 9.47 Å². The Bertz CT molecular complexity index is 466. The van der Waals surface area contributed by atoms with E-state index in [1.165, 1.54) is 5.56 Å². The van der Waals surface area contributed by atoms with Crippen LogP contribution in [0.4, 0.5) is 0 Å². The maximum absolute atomic E-state index is 5.90. The van der Waals surface area contributed by atoms with E-state index < -0.39 is 0 Å². The van der Waals surface area contributed by atoms with Crippen LogP contribution in [0.1, 0.15) is 32.3 Å². The van der Waals surface area contributed by atoms with Crippen LogP contribution in [-0.4, -0.2) is 62.0 Å². The van der Waals surface area contributed by atoms with Crippen molar-refractivity contribution in [1.29, 1.82) is 0 Å². The van der Waals surface area contributed by atoms with Gasteiger partial charge in [0.15, 0.2) is 0 Å². The van der Waals surface area contributed by atoms with Crippen LogP contribution in [0, 0.1) is 0 Å². The molecule has 4 nitrogen and oxygen atoms in total. The van der Waals surface area contributed by atoms with E-state index in [0.29, 0.717) is 24.3 Å². The molecular weight excluding hydrogens is 300 g/mol. The zero-order valence-electron chi connectivity index (χ0n) is 15.1. The van der Waals surface area contributed by atoms with E-state index in [-0.39, 0.29) is 0 Å². The summed E-state index contributed by atoms with van der Waals surface area (Å²) in [6.45, 7) is 9.31. The lowest BCUT2D eigenvalue weighted by molar-refractivity contribution is -0.0446. The first-order valence-electron chi connectivity index (χ1n) is 9.44. The SMILES string of the molecule is C[C@@H]1CC(N[C@@H](Cc2ccccc2)CN2CCOCC2)C[C@H](C)O1. The number of hydrogen-bond donors (Lipinski definition) is 1. The first-order valence-corrected chi connectivity index (χ1v) is 9.44. The first kappa shape index (κ1) is 17.9. The molecule has 0 amide bonds. The van der Waals surface area contributed by atoms with E-state index in [1.54, 1.807) is 0 Å². The number of nitrogens with one attached hydrogen (secondary N) is 1. The fourth-order valence-electron chi connectivity index (χ4n) is 4.04. The Morgan fingerprint density at radius 3 is 2.42 bits per heavy atom. The van der Waals surface area contributed by atoms with E-state index in [0.717, 1.165) is 52.1 Å². The van der Waals surface area contributed by atoms with Gasteiger partial charge in [0.1, 0.15) is 0 Å². The number of hydrogen-bond acceptors (Lipinski definition) is 4. The van der Waals surface area contributed by atoms with Gasteiger partial charge in [-0.3, -0.25) is 4.90 Å². The molecule has 1 aromatic carbocycles. The van der Waals surface area contributed by atoms with Crippen LogP contribution < -0.4 is 5.32 Å². The van der Waals surface area contributed by atoms with Crippen molar-refractivity contribution < 1.29 is 9.47 Å². The van der Waals surface area contributed by atoms with Crippen LogP contribution in [0.25, 0.3) is 0 Å². The lowest BCUT2D eigenvalue weighted by atomic mass is 9.97. The summed E-state index contributed by atoms with van der Waals surface area (Å²) < 4.78 is 11.4. The molecule has 24 heavy (non-hydrogen) atoms. The van der Waals surface area contributed by atoms with Gasteiger partial charge in [-0.05, 0) is 38.7 Å². The monoisotopic (exact) mass is 332 g/mol. The van der Waals surface area contributed by atoms with E-state index >= 15 is 0 Å². The van der Waals surface area contributed by atoms with Gasteiger partial charge in [0.2, 0.25) is 0 Å². The second kappa shape index (κ2) is 8.95. The Labute approximate surface area is 146 Å².